The summed E-state index contributed by atoms with van der Waals surface area (Å²) in [5, 5.41) is 7.96. The molecule has 5 aromatic rings. The highest BCUT2D eigenvalue weighted by atomic mass is 16.5. The molecule has 11 heteroatoms. The number of imidazole rings is 1. The molecule has 0 spiro atoms. The van der Waals surface area contributed by atoms with Crippen LogP contribution in [-0.2, 0) is 6.42 Å². The Balaban J connectivity index is 1.52. The second kappa shape index (κ2) is 11.1. The Morgan fingerprint density at radius 1 is 0.850 bits per heavy atom. The number of benzene rings is 3. The molecule has 5 rings (SSSR count). The number of carbonyl (C=O) groups is 1. The molecule has 0 aliphatic heterocycles. The van der Waals surface area contributed by atoms with Crippen LogP contribution in [0.2, 0.25) is 0 Å². The fourth-order valence-corrected chi connectivity index (χ4v) is 3.82. The van der Waals surface area contributed by atoms with Gasteiger partial charge in [-0.2, -0.15) is 9.97 Å². The van der Waals surface area contributed by atoms with Gasteiger partial charge in [0, 0.05) is 37.7 Å². The highest BCUT2D eigenvalue weighted by molar-refractivity contribution is 5.96. The fraction of sp³-hybridized carbons (Fsp3) is 0.138. The maximum atomic E-state index is 12.4. The fourth-order valence-electron chi connectivity index (χ4n) is 3.82. The minimum absolute atomic E-state index is 0.00765. The topological polar surface area (TPSA) is 152 Å². The van der Waals surface area contributed by atoms with E-state index in [4.69, 9.17) is 25.4 Å². The number of hydrogen-bond donors (Lipinski definition) is 3. The van der Waals surface area contributed by atoms with Crippen molar-refractivity contribution in [3.05, 3.63) is 89.7 Å². The zero-order chi connectivity index (χ0) is 28.2. The van der Waals surface area contributed by atoms with E-state index in [2.05, 4.69) is 19.9 Å². The first kappa shape index (κ1) is 26.2. The van der Waals surface area contributed by atoms with Gasteiger partial charge in [-0.3, -0.25) is 10.2 Å². The summed E-state index contributed by atoms with van der Waals surface area (Å²) in [5.74, 6) is 2.25. The lowest BCUT2D eigenvalue weighted by Crippen LogP contribution is -2.21. The van der Waals surface area contributed by atoms with E-state index >= 15 is 0 Å². The molecule has 0 unspecified atom stereocenters. The average Bonchev–Trinajstić information content (AvgIpc) is 3.37. The largest absolute Gasteiger partial charge is 0.457 e. The number of nitrogen functional groups attached to an aromatic ring is 1. The quantitative estimate of drug-likeness (QED) is 0.170. The standard InChI is InChI=1S/C29H27N7O4/c1-4-23-32-24-26(33-23)34-29(40-20-12-8-9-17(13-20)28(37)36(2)3)35-27(24)39-22-15-18(25(30)31)14-21(16-22)38-19-10-6-5-7-11-19/h5-16H,4H2,1-3H3,(H3,30,31)(H,32,33,34,35). The van der Waals surface area contributed by atoms with Gasteiger partial charge in [-0.15, -0.1) is 0 Å². The third kappa shape index (κ3) is 5.83. The Kier molecular flexibility index (Phi) is 7.27. The molecule has 4 N–H and O–H groups in total. The molecule has 2 heterocycles. The van der Waals surface area contributed by atoms with E-state index in [9.17, 15) is 4.79 Å². The van der Waals surface area contributed by atoms with Crippen molar-refractivity contribution >= 4 is 22.9 Å². The van der Waals surface area contributed by atoms with Crippen LogP contribution in [0.25, 0.3) is 11.2 Å². The van der Waals surface area contributed by atoms with E-state index in [0.29, 0.717) is 57.5 Å². The summed E-state index contributed by atoms with van der Waals surface area (Å²) < 4.78 is 18.1. The molecule has 1 amide bonds. The summed E-state index contributed by atoms with van der Waals surface area (Å²) in [6.07, 6.45) is 0.634. The summed E-state index contributed by atoms with van der Waals surface area (Å²) in [6, 6.07) is 20.9. The van der Waals surface area contributed by atoms with Crippen LogP contribution >= 0.6 is 0 Å². The number of aryl methyl sites for hydroxylation is 1. The third-order valence-corrected chi connectivity index (χ3v) is 5.76. The minimum Gasteiger partial charge on any atom is -0.457 e. The van der Waals surface area contributed by atoms with Crippen molar-refractivity contribution in [2.45, 2.75) is 13.3 Å². The molecule has 0 fully saturated rings. The monoisotopic (exact) mass is 537 g/mol. The summed E-state index contributed by atoms with van der Waals surface area (Å²) in [5.41, 5.74) is 7.48. The van der Waals surface area contributed by atoms with Gasteiger partial charge in [0.15, 0.2) is 11.2 Å². The summed E-state index contributed by atoms with van der Waals surface area (Å²) in [4.78, 5) is 30.6. The number of hydrogen-bond acceptors (Lipinski definition) is 8. The van der Waals surface area contributed by atoms with Crippen molar-refractivity contribution in [3.63, 3.8) is 0 Å². The van der Waals surface area contributed by atoms with E-state index in [1.54, 1.807) is 56.6 Å². The van der Waals surface area contributed by atoms with Crippen LogP contribution in [0, 0.1) is 5.41 Å². The number of nitrogens with two attached hydrogens (primary N) is 1. The molecule has 0 bridgehead atoms. The highest BCUT2D eigenvalue weighted by Gasteiger charge is 2.18. The van der Waals surface area contributed by atoms with Crippen LogP contribution in [0.5, 0.6) is 34.9 Å². The Bertz CT molecular complexity index is 1700. The summed E-state index contributed by atoms with van der Waals surface area (Å²) >= 11 is 0. The molecule has 0 atom stereocenters. The second-order valence-corrected chi connectivity index (χ2v) is 9.00. The summed E-state index contributed by atoms with van der Waals surface area (Å²) in [7, 11) is 3.36. The van der Waals surface area contributed by atoms with Gasteiger partial charge in [0.25, 0.3) is 11.8 Å². The van der Waals surface area contributed by atoms with Gasteiger partial charge in [0.1, 0.15) is 34.7 Å². The van der Waals surface area contributed by atoms with Crippen molar-refractivity contribution in [1.29, 1.82) is 5.41 Å². The average molecular weight is 538 g/mol. The number of aromatic nitrogens is 4. The third-order valence-electron chi connectivity index (χ3n) is 5.76. The molecule has 0 aliphatic carbocycles. The zero-order valence-corrected chi connectivity index (χ0v) is 22.1. The SMILES string of the molecule is CCc1nc2c(Oc3cc(Oc4ccccc4)cc(C(=N)N)c3)nc(Oc3cccc(C(=O)N(C)C)c3)nc2[nH]1. The number of nitrogens with one attached hydrogen (secondary N) is 2. The zero-order valence-electron chi connectivity index (χ0n) is 22.1. The van der Waals surface area contributed by atoms with Gasteiger partial charge < -0.3 is 29.8 Å². The van der Waals surface area contributed by atoms with Crippen molar-refractivity contribution < 1.29 is 19.0 Å². The molecular weight excluding hydrogens is 510 g/mol. The molecule has 11 nitrogen and oxygen atoms in total. The number of amidine groups is 1. The first-order valence-corrected chi connectivity index (χ1v) is 12.5. The van der Waals surface area contributed by atoms with Gasteiger partial charge in [0.2, 0.25) is 0 Å². The van der Waals surface area contributed by atoms with Gasteiger partial charge in [0.05, 0.1) is 0 Å². The molecule has 202 valence electrons. The van der Waals surface area contributed by atoms with Crippen LogP contribution in [-0.4, -0.2) is 50.7 Å². The molecular formula is C29H27N7O4. The number of amides is 1. The normalized spacial score (nSPS) is 10.8. The molecule has 2 aromatic heterocycles. The van der Waals surface area contributed by atoms with Crippen LogP contribution in [0.4, 0.5) is 0 Å². The van der Waals surface area contributed by atoms with E-state index < -0.39 is 0 Å². The highest BCUT2D eigenvalue weighted by Crippen LogP contribution is 2.33. The lowest BCUT2D eigenvalue weighted by Gasteiger charge is -2.13. The number of H-pyrrole nitrogens is 1. The molecule has 0 radical (unpaired) electrons. The minimum atomic E-state index is -0.161. The van der Waals surface area contributed by atoms with E-state index in [-0.39, 0.29) is 23.6 Å². The number of para-hydroxylation sites is 1. The first-order valence-electron chi connectivity index (χ1n) is 12.5. The predicted molar refractivity (Wildman–Crippen MR) is 150 cm³/mol. The number of carbonyl (C=O) groups excluding carboxylic acids is 1. The lowest BCUT2D eigenvalue weighted by atomic mass is 10.2. The molecule has 0 saturated heterocycles. The van der Waals surface area contributed by atoms with Crippen molar-refractivity contribution in [2.24, 2.45) is 5.73 Å². The van der Waals surface area contributed by atoms with Crippen LogP contribution in [0.15, 0.2) is 72.8 Å². The Morgan fingerprint density at radius 3 is 2.25 bits per heavy atom. The molecule has 0 aliphatic rings. The summed E-state index contributed by atoms with van der Waals surface area (Å²) in [6.45, 7) is 1.96. The van der Waals surface area contributed by atoms with E-state index in [1.165, 1.54) is 4.90 Å². The lowest BCUT2D eigenvalue weighted by molar-refractivity contribution is 0.0827. The Morgan fingerprint density at radius 2 is 1.55 bits per heavy atom. The van der Waals surface area contributed by atoms with Gasteiger partial charge in [-0.05, 0) is 42.5 Å². The van der Waals surface area contributed by atoms with Crippen LogP contribution < -0.4 is 19.9 Å². The maximum Gasteiger partial charge on any atom is 0.327 e. The van der Waals surface area contributed by atoms with Gasteiger partial charge >= 0.3 is 6.01 Å². The van der Waals surface area contributed by atoms with Crippen molar-refractivity contribution in [1.82, 2.24) is 24.8 Å². The smallest absolute Gasteiger partial charge is 0.327 e. The maximum absolute atomic E-state index is 12.4. The number of nitrogens with zero attached hydrogens (tertiary/aromatic N) is 4. The molecule has 40 heavy (non-hydrogen) atoms. The Labute approximate surface area is 230 Å². The predicted octanol–water partition coefficient (Wildman–Crippen LogP) is 5.28. The van der Waals surface area contributed by atoms with Crippen LogP contribution in [0.1, 0.15) is 28.7 Å². The molecule has 0 saturated carbocycles. The van der Waals surface area contributed by atoms with Crippen molar-refractivity contribution in [2.75, 3.05) is 14.1 Å². The number of aromatic amines is 1. The number of fused-ring (bicyclic) bond motifs is 1. The van der Waals surface area contributed by atoms with Gasteiger partial charge in [-0.1, -0.05) is 31.2 Å². The van der Waals surface area contributed by atoms with Crippen molar-refractivity contribution in [3.8, 4) is 34.9 Å². The van der Waals surface area contributed by atoms with E-state index in [0.717, 1.165) is 0 Å². The second-order valence-electron chi connectivity index (χ2n) is 9.00. The Hall–Kier alpha value is -5.45. The van der Waals surface area contributed by atoms with E-state index in [1.807, 2.05) is 37.3 Å². The van der Waals surface area contributed by atoms with Crippen LogP contribution in [0.3, 0.4) is 0 Å². The van der Waals surface area contributed by atoms with Gasteiger partial charge in [-0.25, -0.2) is 4.98 Å². The molecule has 3 aromatic carbocycles. The first-order chi connectivity index (χ1) is 19.3. The number of rotatable bonds is 9. The number of ether oxygens (including phenoxy) is 3.